The first-order chi connectivity index (χ1) is 8.08. The van der Waals surface area contributed by atoms with Gasteiger partial charge in [-0.15, -0.1) is 24.0 Å². The van der Waals surface area contributed by atoms with Gasteiger partial charge in [-0.05, 0) is 31.5 Å². The van der Waals surface area contributed by atoms with Crippen LogP contribution < -0.4 is 10.6 Å². The van der Waals surface area contributed by atoms with E-state index in [0.717, 1.165) is 18.1 Å². The van der Waals surface area contributed by atoms with Gasteiger partial charge in [0.15, 0.2) is 5.96 Å². The summed E-state index contributed by atoms with van der Waals surface area (Å²) in [6, 6.07) is 5.56. The highest BCUT2D eigenvalue weighted by molar-refractivity contribution is 14.0. The first-order valence-corrected chi connectivity index (χ1v) is 6.26. The van der Waals surface area contributed by atoms with Crippen LogP contribution in [-0.4, -0.2) is 19.6 Å². The van der Waals surface area contributed by atoms with Gasteiger partial charge < -0.3 is 10.6 Å². The maximum atomic E-state index is 6.14. The Morgan fingerprint density at radius 2 is 2.06 bits per heavy atom. The van der Waals surface area contributed by atoms with Crippen molar-refractivity contribution >= 4 is 53.1 Å². The molecule has 0 amide bonds. The van der Waals surface area contributed by atoms with Gasteiger partial charge in [-0.3, -0.25) is 4.99 Å². The molecule has 1 unspecified atom stereocenters. The second kappa shape index (κ2) is 8.82. The molecule has 3 nitrogen and oxygen atoms in total. The molecule has 1 aromatic rings. The number of aliphatic imine (C=N–C) groups is 1. The predicted molar refractivity (Wildman–Crippen MR) is 90.5 cm³/mol. The summed E-state index contributed by atoms with van der Waals surface area (Å²) in [5, 5.41) is 7.69. The van der Waals surface area contributed by atoms with Gasteiger partial charge in [-0.25, -0.2) is 0 Å². The number of benzene rings is 1. The highest BCUT2D eigenvalue weighted by Crippen LogP contribution is 2.25. The van der Waals surface area contributed by atoms with Crippen molar-refractivity contribution in [2.75, 3.05) is 13.6 Å². The minimum atomic E-state index is 0. The Kier molecular flexibility index (Phi) is 8.73. The zero-order valence-corrected chi connectivity index (χ0v) is 14.5. The summed E-state index contributed by atoms with van der Waals surface area (Å²) in [5.41, 5.74) is 0.995. The molecule has 102 valence electrons. The van der Waals surface area contributed by atoms with Crippen LogP contribution in [0.3, 0.4) is 0 Å². The summed E-state index contributed by atoms with van der Waals surface area (Å²) in [5.74, 6) is 0.756. The molecule has 1 atom stereocenters. The van der Waals surface area contributed by atoms with E-state index < -0.39 is 0 Å². The standard InChI is InChI=1S/C12H17Cl2N3.HI/c1-4-16-12(15-3)17-8(2)10-6-5-9(13)7-11(10)14;/h5-8H,4H2,1-3H3,(H2,15,16,17);1H. The number of nitrogens with zero attached hydrogens (tertiary/aromatic N) is 1. The molecule has 0 saturated heterocycles. The fourth-order valence-electron chi connectivity index (χ4n) is 1.50. The molecular weight excluding hydrogens is 384 g/mol. The SMILES string of the molecule is CCNC(=NC)NC(C)c1ccc(Cl)cc1Cl.I. The Morgan fingerprint density at radius 3 is 2.56 bits per heavy atom. The lowest BCUT2D eigenvalue weighted by molar-refractivity contribution is 0.690. The van der Waals surface area contributed by atoms with E-state index in [1.807, 2.05) is 26.0 Å². The Morgan fingerprint density at radius 1 is 1.39 bits per heavy atom. The maximum Gasteiger partial charge on any atom is 0.191 e. The van der Waals surface area contributed by atoms with E-state index in [1.165, 1.54) is 0 Å². The van der Waals surface area contributed by atoms with Gasteiger partial charge >= 0.3 is 0 Å². The third-order valence-corrected chi connectivity index (χ3v) is 2.91. The number of nitrogens with one attached hydrogen (secondary N) is 2. The van der Waals surface area contributed by atoms with Gasteiger partial charge in [0.2, 0.25) is 0 Å². The fourth-order valence-corrected chi connectivity index (χ4v) is 2.07. The molecule has 0 heterocycles. The lowest BCUT2D eigenvalue weighted by atomic mass is 10.1. The van der Waals surface area contributed by atoms with Crippen LogP contribution in [0.1, 0.15) is 25.5 Å². The first-order valence-electron chi connectivity index (χ1n) is 5.50. The van der Waals surface area contributed by atoms with Gasteiger partial charge in [0.05, 0.1) is 6.04 Å². The zero-order chi connectivity index (χ0) is 12.8. The molecule has 0 bridgehead atoms. The first kappa shape index (κ1) is 17.8. The lowest BCUT2D eigenvalue weighted by Crippen LogP contribution is -2.38. The summed E-state index contributed by atoms with van der Waals surface area (Å²) in [4.78, 5) is 4.12. The summed E-state index contributed by atoms with van der Waals surface area (Å²) >= 11 is 12.0. The lowest BCUT2D eigenvalue weighted by Gasteiger charge is -2.18. The number of halogens is 3. The number of hydrogen-bond acceptors (Lipinski definition) is 1. The second-order valence-electron chi connectivity index (χ2n) is 3.63. The highest BCUT2D eigenvalue weighted by Gasteiger charge is 2.11. The van der Waals surface area contributed by atoms with Crippen molar-refractivity contribution in [1.82, 2.24) is 10.6 Å². The van der Waals surface area contributed by atoms with Crippen molar-refractivity contribution in [1.29, 1.82) is 0 Å². The third kappa shape index (κ3) is 5.20. The smallest absolute Gasteiger partial charge is 0.191 e. The van der Waals surface area contributed by atoms with Gasteiger partial charge in [0.1, 0.15) is 0 Å². The van der Waals surface area contributed by atoms with Crippen LogP contribution in [0.2, 0.25) is 10.0 Å². The summed E-state index contributed by atoms with van der Waals surface area (Å²) < 4.78 is 0. The largest absolute Gasteiger partial charge is 0.357 e. The molecule has 0 aliphatic carbocycles. The van der Waals surface area contributed by atoms with Crippen LogP contribution in [0.4, 0.5) is 0 Å². The van der Waals surface area contributed by atoms with Gasteiger partial charge in [0.25, 0.3) is 0 Å². The van der Waals surface area contributed by atoms with Crippen LogP contribution in [0.25, 0.3) is 0 Å². The van der Waals surface area contributed by atoms with Crippen LogP contribution in [-0.2, 0) is 0 Å². The molecule has 0 aromatic heterocycles. The Labute approximate surface area is 135 Å². The number of guanidine groups is 1. The maximum absolute atomic E-state index is 6.14. The minimum absolute atomic E-state index is 0. The predicted octanol–water partition coefficient (Wildman–Crippen LogP) is 3.86. The molecule has 6 heteroatoms. The molecular formula is C12H18Cl2IN3. The fraction of sp³-hybridized carbons (Fsp3) is 0.417. The van der Waals surface area contributed by atoms with E-state index in [2.05, 4.69) is 15.6 Å². The van der Waals surface area contributed by atoms with Crippen molar-refractivity contribution in [2.45, 2.75) is 19.9 Å². The average molecular weight is 402 g/mol. The van der Waals surface area contributed by atoms with Crippen molar-refractivity contribution in [3.05, 3.63) is 33.8 Å². The minimum Gasteiger partial charge on any atom is -0.357 e. The van der Waals surface area contributed by atoms with E-state index in [4.69, 9.17) is 23.2 Å². The monoisotopic (exact) mass is 401 g/mol. The quantitative estimate of drug-likeness (QED) is 0.458. The molecule has 0 saturated carbocycles. The zero-order valence-electron chi connectivity index (χ0n) is 10.6. The summed E-state index contributed by atoms with van der Waals surface area (Å²) in [6.45, 7) is 4.87. The van der Waals surface area contributed by atoms with Gasteiger partial charge in [-0.1, -0.05) is 29.3 Å². The molecule has 18 heavy (non-hydrogen) atoms. The van der Waals surface area contributed by atoms with Crippen molar-refractivity contribution in [3.63, 3.8) is 0 Å². The van der Waals surface area contributed by atoms with E-state index in [9.17, 15) is 0 Å². The van der Waals surface area contributed by atoms with E-state index in [0.29, 0.717) is 10.0 Å². The van der Waals surface area contributed by atoms with Crippen LogP contribution in [0, 0.1) is 0 Å². The molecule has 1 rings (SSSR count). The molecule has 1 aromatic carbocycles. The van der Waals surface area contributed by atoms with Crippen molar-refractivity contribution in [2.24, 2.45) is 4.99 Å². The van der Waals surface area contributed by atoms with E-state index in [-0.39, 0.29) is 30.0 Å². The second-order valence-corrected chi connectivity index (χ2v) is 4.48. The Hall–Kier alpha value is -0.200. The van der Waals surface area contributed by atoms with Crippen molar-refractivity contribution < 1.29 is 0 Å². The normalized spacial score (nSPS) is 12.6. The Bertz CT molecular complexity index is 410. The van der Waals surface area contributed by atoms with Crippen LogP contribution >= 0.6 is 47.2 Å². The van der Waals surface area contributed by atoms with Crippen LogP contribution in [0.15, 0.2) is 23.2 Å². The van der Waals surface area contributed by atoms with Crippen molar-refractivity contribution in [3.8, 4) is 0 Å². The number of hydrogen-bond donors (Lipinski definition) is 2. The van der Waals surface area contributed by atoms with E-state index in [1.54, 1.807) is 13.1 Å². The summed E-state index contributed by atoms with van der Waals surface area (Å²) in [7, 11) is 1.74. The van der Waals surface area contributed by atoms with Crippen LogP contribution in [0.5, 0.6) is 0 Å². The molecule has 0 aliphatic rings. The number of rotatable bonds is 3. The third-order valence-electron chi connectivity index (χ3n) is 2.35. The highest BCUT2D eigenvalue weighted by atomic mass is 127. The topological polar surface area (TPSA) is 36.4 Å². The molecule has 0 aliphatic heterocycles. The van der Waals surface area contributed by atoms with Gasteiger partial charge in [0, 0.05) is 23.6 Å². The molecule has 0 radical (unpaired) electrons. The molecule has 0 spiro atoms. The average Bonchev–Trinajstić information content (AvgIpc) is 2.28. The van der Waals surface area contributed by atoms with E-state index >= 15 is 0 Å². The molecule has 2 N–H and O–H groups in total. The summed E-state index contributed by atoms with van der Waals surface area (Å²) in [6.07, 6.45) is 0. The molecule has 0 fully saturated rings. The Balaban J connectivity index is 0.00000289. The van der Waals surface area contributed by atoms with Gasteiger partial charge in [-0.2, -0.15) is 0 Å².